The van der Waals surface area contributed by atoms with Crippen molar-refractivity contribution < 1.29 is 13.9 Å². The zero-order chi connectivity index (χ0) is 12.3. The lowest BCUT2D eigenvalue weighted by atomic mass is 10.2. The Kier molecular flexibility index (Phi) is 3.18. The van der Waals surface area contributed by atoms with Crippen LogP contribution < -0.4 is 5.32 Å². The van der Waals surface area contributed by atoms with Crippen molar-refractivity contribution in [1.82, 2.24) is 4.98 Å². The third-order valence-electron chi connectivity index (χ3n) is 2.25. The number of aromatic nitrogens is 1. The molecule has 2 N–H and O–H groups in total. The molecule has 0 aliphatic rings. The summed E-state index contributed by atoms with van der Waals surface area (Å²) in [4.78, 5) is 3.47. The highest BCUT2D eigenvalue weighted by molar-refractivity contribution is 5.43. The van der Waals surface area contributed by atoms with Crippen molar-refractivity contribution in [3.63, 3.8) is 0 Å². The minimum atomic E-state index is -0.566. The van der Waals surface area contributed by atoms with Gasteiger partial charge in [0, 0.05) is 12.1 Å². The molecule has 1 heterocycles. The average molecular weight is 236 g/mol. The molecule has 2 aromatic rings. The number of anilines is 1. The molecule has 0 spiro atoms. The second-order valence-corrected chi connectivity index (χ2v) is 3.50. The van der Waals surface area contributed by atoms with Crippen molar-refractivity contribution in [1.29, 1.82) is 0 Å². The van der Waals surface area contributed by atoms with Crippen LogP contribution in [0.15, 0.2) is 36.5 Å². The molecule has 0 atom stereocenters. The van der Waals surface area contributed by atoms with E-state index in [0.717, 1.165) is 0 Å². The number of hydrogen-bond acceptors (Lipinski definition) is 3. The number of phenols is 1. The van der Waals surface area contributed by atoms with E-state index < -0.39 is 11.8 Å². The normalized spacial score (nSPS) is 10.2. The molecule has 0 amide bonds. The fraction of sp³-hybridized carbons (Fsp3) is 0.0833. The van der Waals surface area contributed by atoms with Crippen molar-refractivity contribution in [3.8, 4) is 5.75 Å². The predicted molar refractivity (Wildman–Crippen MR) is 59.6 cm³/mol. The van der Waals surface area contributed by atoms with Gasteiger partial charge in [-0.1, -0.05) is 0 Å². The highest BCUT2D eigenvalue weighted by Gasteiger charge is 2.03. The smallest absolute Gasteiger partial charge is 0.212 e. The van der Waals surface area contributed by atoms with Crippen LogP contribution in [0, 0.1) is 11.8 Å². The van der Waals surface area contributed by atoms with Crippen molar-refractivity contribution >= 4 is 5.69 Å². The van der Waals surface area contributed by atoms with E-state index in [4.69, 9.17) is 0 Å². The van der Waals surface area contributed by atoms with E-state index in [1.807, 2.05) is 0 Å². The zero-order valence-electron chi connectivity index (χ0n) is 8.82. The minimum absolute atomic E-state index is 0.00831. The van der Waals surface area contributed by atoms with Gasteiger partial charge >= 0.3 is 0 Å². The van der Waals surface area contributed by atoms with E-state index in [2.05, 4.69) is 10.3 Å². The van der Waals surface area contributed by atoms with Crippen molar-refractivity contribution in [3.05, 3.63) is 53.9 Å². The number of aromatic hydroxyl groups is 1. The van der Waals surface area contributed by atoms with E-state index in [1.54, 1.807) is 0 Å². The Balaban J connectivity index is 2.07. The van der Waals surface area contributed by atoms with E-state index in [-0.39, 0.29) is 12.3 Å². The maximum absolute atomic E-state index is 12.9. The molecule has 0 aliphatic carbocycles. The number of hydrogen-bond donors (Lipinski definition) is 2. The first-order valence-electron chi connectivity index (χ1n) is 4.98. The molecular formula is C12H10F2N2O. The number of pyridine rings is 1. The summed E-state index contributed by atoms with van der Waals surface area (Å²) in [5.74, 6) is -0.977. The summed E-state index contributed by atoms with van der Waals surface area (Å²) < 4.78 is 25.5. The SMILES string of the molecule is Oc1ccc(F)cc1CNc1ccc(F)nc1. The largest absolute Gasteiger partial charge is 0.508 e. The first kappa shape index (κ1) is 11.3. The summed E-state index contributed by atoms with van der Waals surface area (Å²) in [6.07, 6.45) is 1.33. The zero-order valence-corrected chi connectivity index (χ0v) is 8.82. The van der Waals surface area contributed by atoms with Crippen molar-refractivity contribution in [2.24, 2.45) is 0 Å². The average Bonchev–Trinajstić information content (AvgIpc) is 2.32. The number of halogens is 2. The molecule has 0 unspecified atom stereocenters. The molecule has 1 aromatic heterocycles. The maximum atomic E-state index is 12.9. The first-order chi connectivity index (χ1) is 8.15. The Hall–Kier alpha value is -2.17. The van der Waals surface area contributed by atoms with Crippen LogP contribution in [0.3, 0.4) is 0 Å². The summed E-state index contributed by atoms with van der Waals surface area (Å²) in [7, 11) is 0. The molecule has 0 aliphatic heterocycles. The van der Waals surface area contributed by atoms with Gasteiger partial charge in [0.15, 0.2) is 0 Å². The first-order valence-corrected chi connectivity index (χ1v) is 4.98. The molecule has 0 radical (unpaired) electrons. The number of nitrogens with one attached hydrogen (secondary N) is 1. The lowest BCUT2D eigenvalue weighted by Crippen LogP contribution is -2.00. The minimum Gasteiger partial charge on any atom is -0.508 e. The Morgan fingerprint density at radius 3 is 2.71 bits per heavy atom. The number of phenolic OH excluding ortho intramolecular Hbond substituents is 1. The Morgan fingerprint density at radius 2 is 2.00 bits per heavy atom. The number of benzene rings is 1. The molecule has 17 heavy (non-hydrogen) atoms. The van der Waals surface area contributed by atoms with Gasteiger partial charge in [-0.05, 0) is 30.3 Å². The molecule has 0 saturated heterocycles. The number of nitrogens with zero attached hydrogens (tertiary/aromatic N) is 1. The van der Waals surface area contributed by atoms with Gasteiger partial charge < -0.3 is 10.4 Å². The lowest BCUT2D eigenvalue weighted by molar-refractivity contribution is 0.466. The Bertz CT molecular complexity index is 514. The molecule has 2 rings (SSSR count). The fourth-order valence-electron chi connectivity index (χ4n) is 1.37. The van der Waals surface area contributed by atoms with Crippen molar-refractivity contribution in [2.45, 2.75) is 6.54 Å². The molecular weight excluding hydrogens is 226 g/mol. The summed E-state index contributed by atoms with van der Waals surface area (Å²) in [6, 6.07) is 6.43. The topological polar surface area (TPSA) is 45.1 Å². The highest BCUT2D eigenvalue weighted by atomic mass is 19.1. The summed E-state index contributed by atoms with van der Waals surface area (Å²) in [6.45, 7) is 0.233. The van der Waals surface area contributed by atoms with Gasteiger partial charge in [0.05, 0.1) is 11.9 Å². The Labute approximate surface area is 96.7 Å². The molecule has 0 fully saturated rings. The second kappa shape index (κ2) is 4.78. The van der Waals surface area contributed by atoms with Gasteiger partial charge in [-0.15, -0.1) is 0 Å². The third kappa shape index (κ3) is 2.90. The standard InChI is InChI=1S/C12H10F2N2O/c13-9-1-3-11(17)8(5-9)6-15-10-2-4-12(14)16-7-10/h1-5,7,15,17H,6H2. The van der Waals surface area contributed by atoms with E-state index in [1.165, 1.54) is 36.5 Å². The lowest BCUT2D eigenvalue weighted by Gasteiger charge is -2.07. The van der Waals surface area contributed by atoms with E-state index in [9.17, 15) is 13.9 Å². The van der Waals surface area contributed by atoms with Gasteiger partial charge in [0.25, 0.3) is 0 Å². The van der Waals surface area contributed by atoms with Gasteiger partial charge in [-0.2, -0.15) is 4.39 Å². The second-order valence-electron chi connectivity index (χ2n) is 3.50. The van der Waals surface area contributed by atoms with Gasteiger partial charge in [0.1, 0.15) is 11.6 Å². The van der Waals surface area contributed by atoms with Crippen LogP contribution in [0.1, 0.15) is 5.56 Å². The quantitative estimate of drug-likeness (QED) is 0.805. The molecule has 1 aromatic carbocycles. The molecule has 88 valence electrons. The van der Waals surface area contributed by atoms with Crippen molar-refractivity contribution in [2.75, 3.05) is 5.32 Å². The van der Waals surface area contributed by atoms with Crippen LogP contribution in [0.5, 0.6) is 5.75 Å². The van der Waals surface area contributed by atoms with Crippen LogP contribution in [-0.2, 0) is 6.54 Å². The van der Waals surface area contributed by atoms with Gasteiger partial charge in [-0.3, -0.25) is 0 Å². The monoisotopic (exact) mass is 236 g/mol. The van der Waals surface area contributed by atoms with Crippen LogP contribution in [0.4, 0.5) is 14.5 Å². The number of rotatable bonds is 3. The maximum Gasteiger partial charge on any atom is 0.212 e. The fourth-order valence-corrected chi connectivity index (χ4v) is 1.37. The predicted octanol–water partition coefficient (Wildman–Crippen LogP) is 2.68. The van der Waals surface area contributed by atoms with Gasteiger partial charge in [-0.25, -0.2) is 9.37 Å². The summed E-state index contributed by atoms with van der Waals surface area (Å²) >= 11 is 0. The highest BCUT2D eigenvalue weighted by Crippen LogP contribution is 2.19. The van der Waals surface area contributed by atoms with Crippen LogP contribution in [0.2, 0.25) is 0 Å². The van der Waals surface area contributed by atoms with E-state index in [0.29, 0.717) is 11.3 Å². The molecule has 0 saturated carbocycles. The van der Waals surface area contributed by atoms with Crippen LogP contribution in [0.25, 0.3) is 0 Å². The van der Waals surface area contributed by atoms with Gasteiger partial charge in [0.2, 0.25) is 5.95 Å². The van der Waals surface area contributed by atoms with E-state index >= 15 is 0 Å². The Morgan fingerprint density at radius 1 is 1.18 bits per heavy atom. The molecule has 3 nitrogen and oxygen atoms in total. The van der Waals surface area contributed by atoms with Crippen LogP contribution in [-0.4, -0.2) is 10.1 Å². The molecule has 5 heteroatoms. The third-order valence-corrected chi connectivity index (χ3v) is 2.25. The summed E-state index contributed by atoms with van der Waals surface area (Å²) in [5, 5.41) is 12.4. The van der Waals surface area contributed by atoms with Crippen LogP contribution >= 0.6 is 0 Å². The summed E-state index contributed by atoms with van der Waals surface area (Å²) in [5.41, 5.74) is 1.02. The molecule has 0 bridgehead atoms.